The van der Waals surface area contributed by atoms with Gasteiger partial charge in [-0.1, -0.05) is 6.08 Å². The fourth-order valence-corrected chi connectivity index (χ4v) is 2.76. The first-order chi connectivity index (χ1) is 10.7. The van der Waals surface area contributed by atoms with Gasteiger partial charge in [0.2, 0.25) is 0 Å². The molecular formula is C15H25N3O5. The Hall–Kier alpha value is -1.80. The van der Waals surface area contributed by atoms with E-state index in [2.05, 4.69) is 11.9 Å². The molecular weight excluding hydrogens is 302 g/mol. The molecule has 0 unspecified atom stereocenters. The Balaban J connectivity index is 1.94. The van der Waals surface area contributed by atoms with Crippen molar-refractivity contribution >= 4 is 12.1 Å². The number of amides is 3. The van der Waals surface area contributed by atoms with Gasteiger partial charge in [0.15, 0.2) is 0 Å². The number of urea groups is 1. The number of aliphatic hydroxyl groups is 1. The molecule has 0 saturated carbocycles. The highest BCUT2D eigenvalue weighted by Crippen LogP contribution is 2.30. The number of aliphatic hydroxyl groups excluding tert-OH is 1. The summed E-state index contributed by atoms with van der Waals surface area (Å²) in [7, 11) is 0. The van der Waals surface area contributed by atoms with Crippen molar-refractivity contribution in [2.24, 2.45) is 0 Å². The van der Waals surface area contributed by atoms with Gasteiger partial charge in [0, 0.05) is 13.1 Å². The van der Waals surface area contributed by atoms with Crippen LogP contribution in [0.3, 0.4) is 0 Å². The van der Waals surface area contributed by atoms with Crippen molar-refractivity contribution in [1.29, 1.82) is 0 Å². The lowest BCUT2D eigenvalue weighted by molar-refractivity contribution is -0.140. The molecule has 0 aromatic rings. The van der Waals surface area contributed by atoms with Gasteiger partial charge >= 0.3 is 12.1 Å². The Morgan fingerprint density at radius 3 is 2.83 bits per heavy atom. The minimum atomic E-state index is -0.701. The van der Waals surface area contributed by atoms with Crippen LogP contribution >= 0.6 is 0 Å². The van der Waals surface area contributed by atoms with Crippen molar-refractivity contribution in [3.05, 3.63) is 12.7 Å². The molecule has 3 amide bonds. The van der Waals surface area contributed by atoms with E-state index in [-0.39, 0.29) is 31.3 Å². The molecule has 2 rings (SSSR count). The lowest BCUT2D eigenvalue weighted by atomic mass is 9.98. The number of nitrogens with one attached hydrogen (secondary N) is 1. The van der Waals surface area contributed by atoms with E-state index >= 15 is 0 Å². The van der Waals surface area contributed by atoms with Crippen LogP contribution in [0.4, 0.5) is 9.59 Å². The maximum Gasteiger partial charge on any atom is 0.407 e. The number of ether oxygens (including phenoxy) is 1. The predicted molar refractivity (Wildman–Crippen MR) is 82.5 cm³/mol. The normalized spacial score (nSPS) is 27.1. The summed E-state index contributed by atoms with van der Waals surface area (Å²) in [6, 6.07) is -0.983. The molecule has 2 fully saturated rings. The lowest BCUT2D eigenvalue weighted by Crippen LogP contribution is -2.51. The first-order valence-electron chi connectivity index (χ1n) is 7.71. The summed E-state index contributed by atoms with van der Waals surface area (Å²) in [5.41, 5.74) is -0.583. The minimum absolute atomic E-state index is 0.198. The van der Waals surface area contributed by atoms with E-state index in [1.807, 2.05) is 0 Å². The lowest BCUT2D eigenvalue weighted by Gasteiger charge is -2.33. The van der Waals surface area contributed by atoms with Crippen molar-refractivity contribution in [3.63, 3.8) is 0 Å². The third-order valence-corrected chi connectivity index (χ3v) is 3.73. The van der Waals surface area contributed by atoms with E-state index in [1.165, 1.54) is 5.06 Å². The summed E-state index contributed by atoms with van der Waals surface area (Å²) >= 11 is 0. The van der Waals surface area contributed by atoms with Crippen molar-refractivity contribution in [3.8, 4) is 0 Å². The van der Waals surface area contributed by atoms with Crippen LogP contribution in [0, 0.1) is 0 Å². The summed E-state index contributed by atoms with van der Waals surface area (Å²) in [6.45, 7) is 9.67. The fourth-order valence-electron chi connectivity index (χ4n) is 2.76. The zero-order valence-electron chi connectivity index (χ0n) is 13.8. The summed E-state index contributed by atoms with van der Waals surface area (Å²) < 4.78 is 5.17. The van der Waals surface area contributed by atoms with Gasteiger partial charge < -0.3 is 20.1 Å². The van der Waals surface area contributed by atoms with Crippen molar-refractivity contribution < 1.29 is 24.3 Å². The Labute approximate surface area is 136 Å². The Morgan fingerprint density at radius 2 is 2.22 bits per heavy atom. The zero-order chi connectivity index (χ0) is 17.2. The maximum atomic E-state index is 12.4. The molecule has 2 heterocycles. The number of piperidine rings is 1. The van der Waals surface area contributed by atoms with Crippen LogP contribution in [0.2, 0.25) is 0 Å². The van der Waals surface area contributed by atoms with Gasteiger partial charge in [-0.05, 0) is 27.2 Å². The summed E-state index contributed by atoms with van der Waals surface area (Å²) in [4.78, 5) is 31.0. The van der Waals surface area contributed by atoms with Crippen molar-refractivity contribution in [2.45, 2.75) is 51.0 Å². The van der Waals surface area contributed by atoms with E-state index in [4.69, 9.17) is 9.57 Å². The molecule has 0 radical (unpaired) electrons. The number of hydrogen-bond acceptors (Lipinski definition) is 5. The molecule has 2 saturated heterocycles. The molecule has 0 spiro atoms. The van der Waals surface area contributed by atoms with Crippen LogP contribution in [0.25, 0.3) is 0 Å². The third kappa shape index (κ3) is 4.14. The number of hydrogen-bond donors (Lipinski definition) is 2. The molecule has 2 aliphatic rings. The molecule has 8 nitrogen and oxygen atoms in total. The summed E-state index contributed by atoms with van der Waals surface area (Å²) in [5, 5.41) is 14.1. The Morgan fingerprint density at radius 1 is 1.52 bits per heavy atom. The highest BCUT2D eigenvalue weighted by molar-refractivity contribution is 5.77. The van der Waals surface area contributed by atoms with E-state index in [0.29, 0.717) is 13.0 Å². The highest BCUT2D eigenvalue weighted by Gasteiger charge is 2.50. The molecule has 0 aliphatic carbocycles. The van der Waals surface area contributed by atoms with Crippen molar-refractivity contribution in [1.82, 2.24) is 15.3 Å². The summed E-state index contributed by atoms with van der Waals surface area (Å²) in [6.07, 6.45) is 0.673. The minimum Gasteiger partial charge on any atom is -0.444 e. The van der Waals surface area contributed by atoms with Crippen molar-refractivity contribution in [2.75, 3.05) is 19.7 Å². The molecule has 2 bridgehead atoms. The topological polar surface area (TPSA) is 91.3 Å². The number of hydroxylamine groups is 2. The van der Waals surface area contributed by atoms with Crippen LogP contribution in [-0.4, -0.2) is 70.7 Å². The standard InChI is InChI=1S/C15H25N3O5/c1-5-6-22-18-11-9-17(14(18)21)10(7-12(11)19)8-16-13(20)23-15(2,3)4/h5,10-12,19H,1,6-9H2,2-4H3,(H,16,20)/t10-,11-,12-/m0/s1. The van der Waals surface area contributed by atoms with Crippen LogP contribution in [0.1, 0.15) is 27.2 Å². The zero-order valence-corrected chi connectivity index (χ0v) is 13.8. The van der Waals surface area contributed by atoms with Gasteiger partial charge in [0.25, 0.3) is 0 Å². The fraction of sp³-hybridized carbons (Fsp3) is 0.733. The number of fused-ring (bicyclic) bond motifs is 2. The maximum absolute atomic E-state index is 12.4. The SMILES string of the molecule is C=CCON1C(=O)N2C[C@H]1[C@@H](O)C[C@H]2CNC(=O)OC(C)(C)C. The number of rotatable bonds is 5. The van der Waals surface area contributed by atoms with Crippen LogP contribution in [-0.2, 0) is 9.57 Å². The largest absolute Gasteiger partial charge is 0.444 e. The van der Waals surface area contributed by atoms with Gasteiger partial charge in [0.05, 0.1) is 18.8 Å². The average molecular weight is 327 g/mol. The first-order valence-corrected chi connectivity index (χ1v) is 7.71. The van der Waals surface area contributed by atoms with Crippen LogP contribution in [0.5, 0.6) is 0 Å². The second-order valence-corrected chi connectivity index (χ2v) is 6.75. The molecule has 2 N–H and O–H groups in total. The molecule has 23 heavy (non-hydrogen) atoms. The summed E-state index contributed by atoms with van der Waals surface area (Å²) in [5.74, 6) is 0. The van der Waals surface area contributed by atoms with Crippen LogP contribution < -0.4 is 5.32 Å². The number of nitrogens with zero attached hydrogens (tertiary/aromatic N) is 2. The molecule has 8 heteroatoms. The molecule has 0 aromatic carbocycles. The number of carbonyl (C=O) groups is 2. The highest BCUT2D eigenvalue weighted by atomic mass is 16.7. The second kappa shape index (κ2) is 6.76. The van der Waals surface area contributed by atoms with E-state index in [1.54, 1.807) is 31.7 Å². The van der Waals surface area contributed by atoms with Gasteiger partial charge in [0.1, 0.15) is 11.6 Å². The third-order valence-electron chi connectivity index (χ3n) is 3.73. The molecule has 130 valence electrons. The predicted octanol–water partition coefficient (Wildman–Crippen LogP) is 0.868. The van der Waals surface area contributed by atoms with Gasteiger partial charge in [-0.3, -0.25) is 4.84 Å². The van der Waals surface area contributed by atoms with E-state index in [0.717, 1.165) is 0 Å². The van der Waals surface area contributed by atoms with E-state index in [9.17, 15) is 14.7 Å². The Kier molecular flexibility index (Phi) is 5.16. The van der Waals surface area contributed by atoms with Crippen LogP contribution in [0.15, 0.2) is 12.7 Å². The first kappa shape index (κ1) is 17.6. The monoisotopic (exact) mass is 327 g/mol. The second-order valence-electron chi connectivity index (χ2n) is 6.75. The average Bonchev–Trinajstić information content (AvgIpc) is 2.72. The van der Waals surface area contributed by atoms with Gasteiger partial charge in [-0.2, -0.15) is 5.06 Å². The molecule has 2 aliphatic heterocycles. The smallest absolute Gasteiger partial charge is 0.407 e. The van der Waals surface area contributed by atoms with Gasteiger partial charge in [-0.15, -0.1) is 6.58 Å². The quantitative estimate of drug-likeness (QED) is 0.731. The number of alkyl carbamates (subject to hydrolysis) is 1. The van der Waals surface area contributed by atoms with E-state index < -0.39 is 17.8 Å². The number of carbonyl (C=O) groups excluding carboxylic acids is 2. The Bertz CT molecular complexity index is 476. The molecule has 3 atom stereocenters. The van der Waals surface area contributed by atoms with Gasteiger partial charge in [-0.25, -0.2) is 9.59 Å². The molecule has 0 aromatic heterocycles.